The molecule has 0 bridgehead atoms. The van der Waals surface area contributed by atoms with E-state index >= 15 is 0 Å². The number of hydrogen-bond acceptors (Lipinski definition) is 3. The van der Waals surface area contributed by atoms with Crippen LogP contribution in [-0.4, -0.2) is 35.6 Å². The molecule has 2 rings (SSSR count). The van der Waals surface area contributed by atoms with Crippen molar-refractivity contribution < 1.29 is 9.53 Å². The Hall–Kier alpha value is -1.56. The molecule has 2 amide bonds. The van der Waals surface area contributed by atoms with Gasteiger partial charge in [-0.15, -0.1) is 0 Å². The van der Waals surface area contributed by atoms with Gasteiger partial charge >= 0.3 is 6.03 Å². The molecule has 0 spiro atoms. The Kier molecular flexibility index (Phi) is 4.32. The van der Waals surface area contributed by atoms with Gasteiger partial charge in [-0.2, -0.15) is 5.10 Å². The van der Waals surface area contributed by atoms with Crippen molar-refractivity contribution in [2.75, 3.05) is 25.1 Å². The van der Waals surface area contributed by atoms with E-state index in [1.54, 1.807) is 0 Å². The maximum atomic E-state index is 12.0. The van der Waals surface area contributed by atoms with E-state index in [0.717, 1.165) is 36.6 Å². The molecule has 1 fully saturated rings. The third-order valence-electron chi connectivity index (χ3n) is 3.90. The molecule has 1 aliphatic heterocycles. The minimum Gasteiger partial charge on any atom is -0.381 e. The van der Waals surface area contributed by atoms with Crippen molar-refractivity contribution in [2.45, 2.75) is 40.7 Å². The largest absolute Gasteiger partial charge is 0.381 e. The molecule has 112 valence electrons. The monoisotopic (exact) mass is 280 g/mol. The van der Waals surface area contributed by atoms with Crippen molar-refractivity contribution in [3.05, 3.63) is 11.4 Å². The number of carbonyl (C=O) groups excluding carboxylic acids is 1. The first kappa shape index (κ1) is 14.8. The van der Waals surface area contributed by atoms with E-state index in [9.17, 15) is 4.79 Å². The lowest BCUT2D eigenvalue weighted by Gasteiger charge is -2.22. The van der Waals surface area contributed by atoms with Crippen LogP contribution in [0.25, 0.3) is 0 Å². The maximum Gasteiger partial charge on any atom is 0.319 e. The Bertz CT molecular complexity index is 490. The highest BCUT2D eigenvalue weighted by atomic mass is 16.5. The molecule has 1 atom stereocenters. The SMILES string of the molecule is CCn1nc(C)c(NC(=O)NCC2(C)CCOC2)c1C. The number of hydrogen-bond donors (Lipinski definition) is 2. The highest BCUT2D eigenvalue weighted by Gasteiger charge is 2.30. The van der Waals surface area contributed by atoms with Crippen molar-refractivity contribution >= 4 is 11.7 Å². The number of amides is 2. The van der Waals surface area contributed by atoms with Crippen LogP contribution in [0.2, 0.25) is 0 Å². The Morgan fingerprint density at radius 3 is 2.80 bits per heavy atom. The Labute approximate surface area is 119 Å². The molecule has 0 aromatic carbocycles. The van der Waals surface area contributed by atoms with E-state index in [0.29, 0.717) is 13.2 Å². The summed E-state index contributed by atoms with van der Waals surface area (Å²) in [5.41, 5.74) is 2.68. The second kappa shape index (κ2) is 5.83. The lowest BCUT2D eigenvalue weighted by atomic mass is 9.90. The fraction of sp³-hybridized carbons (Fsp3) is 0.714. The van der Waals surface area contributed by atoms with E-state index in [4.69, 9.17) is 4.74 Å². The lowest BCUT2D eigenvalue weighted by molar-refractivity contribution is 0.159. The molecule has 2 heterocycles. The van der Waals surface area contributed by atoms with E-state index in [-0.39, 0.29) is 11.4 Å². The van der Waals surface area contributed by atoms with Gasteiger partial charge in [0, 0.05) is 25.1 Å². The molecule has 1 aromatic heterocycles. The topological polar surface area (TPSA) is 68.2 Å². The third-order valence-corrected chi connectivity index (χ3v) is 3.90. The van der Waals surface area contributed by atoms with Gasteiger partial charge in [0.25, 0.3) is 0 Å². The molecule has 6 heteroatoms. The third kappa shape index (κ3) is 3.12. The number of ether oxygens (including phenoxy) is 1. The second-order valence-electron chi connectivity index (χ2n) is 5.78. The summed E-state index contributed by atoms with van der Waals surface area (Å²) in [5.74, 6) is 0. The first-order chi connectivity index (χ1) is 9.45. The normalized spacial score (nSPS) is 22.0. The van der Waals surface area contributed by atoms with Crippen molar-refractivity contribution in [3.63, 3.8) is 0 Å². The van der Waals surface area contributed by atoms with Gasteiger partial charge in [0.05, 0.1) is 23.7 Å². The number of urea groups is 1. The van der Waals surface area contributed by atoms with Gasteiger partial charge in [-0.25, -0.2) is 4.79 Å². The van der Waals surface area contributed by atoms with Crippen LogP contribution in [0, 0.1) is 19.3 Å². The number of aryl methyl sites for hydroxylation is 2. The van der Waals surface area contributed by atoms with E-state index in [2.05, 4.69) is 22.7 Å². The smallest absolute Gasteiger partial charge is 0.319 e. The zero-order valence-electron chi connectivity index (χ0n) is 12.7. The molecule has 0 aliphatic carbocycles. The standard InChI is InChI=1S/C14H24N4O2/c1-5-18-11(3)12(10(2)17-18)16-13(19)15-8-14(4)6-7-20-9-14/h5-9H2,1-4H3,(H2,15,16,19). The Balaban J connectivity index is 1.93. The quantitative estimate of drug-likeness (QED) is 0.887. The molecule has 1 unspecified atom stereocenters. The number of aromatic nitrogens is 2. The van der Waals surface area contributed by atoms with Gasteiger partial charge in [0.15, 0.2) is 0 Å². The molecule has 1 aliphatic rings. The summed E-state index contributed by atoms with van der Waals surface area (Å²) in [6, 6.07) is -0.181. The van der Waals surface area contributed by atoms with Crippen LogP contribution in [0.3, 0.4) is 0 Å². The summed E-state index contributed by atoms with van der Waals surface area (Å²) < 4.78 is 7.27. The number of nitrogens with one attached hydrogen (secondary N) is 2. The molecule has 0 radical (unpaired) electrons. The van der Waals surface area contributed by atoms with Crippen molar-refractivity contribution in [1.82, 2.24) is 15.1 Å². The Morgan fingerprint density at radius 2 is 2.25 bits per heavy atom. The lowest BCUT2D eigenvalue weighted by Crippen LogP contribution is -2.38. The fourth-order valence-corrected chi connectivity index (χ4v) is 2.49. The van der Waals surface area contributed by atoms with Gasteiger partial charge in [-0.05, 0) is 27.2 Å². The highest BCUT2D eigenvalue weighted by Crippen LogP contribution is 2.26. The zero-order valence-corrected chi connectivity index (χ0v) is 12.7. The van der Waals surface area contributed by atoms with Crippen LogP contribution in [0.1, 0.15) is 31.7 Å². The average Bonchev–Trinajstić information content (AvgIpc) is 2.96. The van der Waals surface area contributed by atoms with E-state index < -0.39 is 0 Å². The van der Waals surface area contributed by atoms with E-state index in [1.165, 1.54) is 0 Å². The predicted molar refractivity (Wildman–Crippen MR) is 77.9 cm³/mol. The van der Waals surface area contributed by atoms with Crippen LogP contribution in [0.5, 0.6) is 0 Å². The summed E-state index contributed by atoms with van der Waals surface area (Å²) in [6.07, 6.45) is 0.985. The first-order valence-corrected chi connectivity index (χ1v) is 7.12. The number of nitrogens with zero attached hydrogens (tertiary/aromatic N) is 2. The predicted octanol–water partition coefficient (Wildman–Crippen LogP) is 2.07. The second-order valence-corrected chi connectivity index (χ2v) is 5.78. The van der Waals surface area contributed by atoms with Crippen LogP contribution in [0.15, 0.2) is 0 Å². The molecule has 1 saturated heterocycles. The van der Waals surface area contributed by atoms with Crippen molar-refractivity contribution in [3.8, 4) is 0 Å². The molecule has 6 nitrogen and oxygen atoms in total. The van der Waals surface area contributed by atoms with Crippen molar-refractivity contribution in [1.29, 1.82) is 0 Å². The molecule has 1 aromatic rings. The summed E-state index contributed by atoms with van der Waals surface area (Å²) in [5, 5.41) is 10.2. The highest BCUT2D eigenvalue weighted by molar-refractivity contribution is 5.90. The average molecular weight is 280 g/mol. The molecular weight excluding hydrogens is 256 g/mol. The van der Waals surface area contributed by atoms with Gasteiger partial charge in [0.2, 0.25) is 0 Å². The van der Waals surface area contributed by atoms with Gasteiger partial charge < -0.3 is 15.4 Å². The fourth-order valence-electron chi connectivity index (χ4n) is 2.49. The molecule has 0 saturated carbocycles. The summed E-state index contributed by atoms with van der Waals surface area (Å²) in [6.45, 7) is 10.9. The van der Waals surface area contributed by atoms with Gasteiger partial charge in [-0.3, -0.25) is 4.68 Å². The van der Waals surface area contributed by atoms with Gasteiger partial charge in [-0.1, -0.05) is 6.92 Å². The van der Waals surface area contributed by atoms with Crippen LogP contribution < -0.4 is 10.6 Å². The van der Waals surface area contributed by atoms with Crippen LogP contribution >= 0.6 is 0 Å². The molecule has 2 N–H and O–H groups in total. The molecular formula is C14H24N4O2. The zero-order chi connectivity index (χ0) is 14.8. The number of anilines is 1. The van der Waals surface area contributed by atoms with Crippen LogP contribution in [0.4, 0.5) is 10.5 Å². The van der Waals surface area contributed by atoms with Crippen LogP contribution in [-0.2, 0) is 11.3 Å². The molecule has 20 heavy (non-hydrogen) atoms. The number of carbonyl (C=O) groups is 1. The van der Waals surface area contributed by atoms with E-state index in [1.807, 2.05) is 25.5 Å². The summed E-state index contributed by atoms with van der Waals surface area (Å²) in [7, 11) is 0. The summed E-state index contributed by atoms with van der Waals surface area (Å²) in [4.78, 5) is 12.0. The number of rotatable bonds is 4. The summed E-state index contributed by atoms with van der Waals surface area (Å²) >= 11 is 0. The van der Waals surface area contributed by atoms with Gasteiger partial charge in [0.1, 0.15) is 0 Å². The first-order valence-electron chi connectivity index (χ1n) is 7.12. The Morgan fingerprint density at radius 1 is 1.50 bits per heavy atom. The van der Waals surface area contributed by atoms with Crippen molar-refractivity contribution in [2.24, 2.45) is 5.41 Å². The minimum atomic E-state index is -0.181. The minimum absolute atomic E-state index is 0.0506. The maximum absolute atomic E-state index is 12.0.